The summed E-state index contributed by atoms with van der Waals surface area (Å²) in [5, 5.41) is 2.68. The number of H-pyrrole nitrogens is 1. The highest BCUT2D eigenvalue weighted by molar-refractivity contribution is 5.35. The number of nitrogens with zero attached hydrogens (tertiary/aromatic N) is 1. The molecule has 2 rings (SSSR count). The number of rotatable bonds is 2. The number of aromatic nitrogens is 2. The van der Waals surface area contributed by atoms with Crippen molar-refractivity contribution in [1.29, 1.82) is 0 Å². The van der Waals surface area contributed by atoms with Gasteiger partial charge < -0.3 is 0 Å². The summed E-state index contributed by atoms with van der Waals surface area (Å²) >= 11 is 0. The second-order valence-corrected chi connectivity index (χ2v) is 3.93. The van der Waals surface area contributed by atoms with Gasteiger partial charge in [-0.1, -0.05) is 6.92 Å². The maximum atomic E-state index is 13.6. The lowest BCUT2D eigenvalue weighted by molar-refractivity contribution is 0.491. The molecule has 1 N–H and O–H groups in total. The molecule has 0 amide bonds. The summed E-state index contributed by atoms with van der Waals surface area (Å²) in [6.45, 7) is 3.41. The first kappa shape index (κ1) is 12.5. The van der Waals surface area contributed by atoms with Crippen LogP contribution in [-0.2, 0) is 6.42 Å². The third kappa shape index (κ3) is 1.83. The van der Waals surface area contributed by atoms with E-state index in [9.17, 15) is 18.0 Å². The Bertz CT molecular complexity index is 658. The molecule has 3 nitrogen and oxygen atoms in total. The summed E-state index contributed by atoms with van der Waals surface area (Å²) in [4.78, 5) is 11.8. The van der Waals surface area contributed by atoms with Crippen molar-refractivity contribution in [3.8, 4) is 5.69 Å². The van der Waals surface area contributed by atoms with Gasteiger partial charge in [0.05, 0.1) is 0 Å². The van der Waals surface area contributed by atoms with E-state index in [2.05, 4.69) is 5.10 Å². The van der Waals surface area contributed by atoms with Crippen LogP contribution in [0.2, 0.25) is 0 Å². The van der Waals surface area contributed by atoms with Crippen LogP contribution >= 0.6 is 0 Å². The summed E-state index contributed by atoms with van der Waals surface area (Å²) in [5.41, 5.74) is 0.254. The molecule has 18 heavy (non-hydrogen) atoms. The zero-order valence-electron chi connectivity index (χ0n) is 9.85. The molecule has 1 aromatic heterocycles. The molecular weight excluding hydrogens is 245 g/mol. The molecule has 0 unspecified atom stereocenters. The van der Waals surface area contributed by atoms with Crippen LogP contribution in [0, 0.1) is 24.4 Å². The fourth-order valence-electron chi connectivity index (χ4n) is 1.76. The highest BCUT2D eigenvalue weighted by atomic mass is 19.2. The van der Waals surface area contributed by atoms with Crippen molar-refractivity contribution in [1.82, 2.24) is 9.78 Å². The van der Waals surface area contributed by atoms with E-state index in [1.165, 1.54) is 0 Å². The van der Waals surface area contributed by atoms with E-state index in [4.69, 9.17) is 0 Å². The summed E-state index contributed by atoms with van der Waals surface area (Å²) in [6, 6.07) is 1.07. The second-order valence-electron chi connectivity index (χ2n) is 3.93. The Morgan fingerprint density at radius 3 is 2.33 bits per heavy atom. The molecule has 0 aliphatic carbocycles. The number of aromatic amines is 1. The van der Waals surface area contributed by atoms with Crippen molar-refractivity contribution in [2.75, 3.05) is 0 Å². The van der Waals surface area contributed by atoms with Gasteiger partial charge in [-0.25, -0.2) is 17.9 Å². The van der Waals surface area contributed by atoms with Gasteiger partial charge in [-0.2, -0.15) is 0 Å². The highest BCUT2D eigenvalue weighted by Crippen LogP contribution is 2.16. The molecule has 2 aromatic rings. The molecule has 0 fully saturated rings. The van der Waals surface area contributed by atoms with Gasteiger partial charge in [-0.15, -0.1) is 0 Å². The smallest absolute Gasteiger partial charge is 0.274 e. The Hall–Kier alpha value is -1.98. The Morgan fingerprint density at radius 1 is 1.17 bits per heavy atom. The average Bonchev–Trinajstić information content (AvgIpc) is 2.61. The zero-order valence-corrected chi connectivity index (χ0v) is 9.85. The van der Waals surface area contributed by atoms with Gasteiger partial charge in [-0.3, -0.25) is 9.89 Å². The molecule has 96 valence electrons. The van der Waals surface area contributed by atoms with Gasteiger partial charge >= 0.3 is 0 Å². The lowest BCUT2D eigenvalue weighted by Gasteiger charge is -2.04. The standard InChI is InChI=1S/C12H11F3N2O/c1-3-10-6(2)12(18)17(16-10)11-5-8(14)7(13)4-9(11)15/h4-5,16H,3H2,1-2H3. The largest absolute Gasteiger partial charge is 0.295 e. The van der Waals surface area contributed by atoms with Gasteiger partial charge in [0, 0.05) is 23.4 Å². The molecule has 0 aliphatic heterocycles. The Labute approximate surface area is 101 Å². The van der Waals surface area contributed by atoms with Crippen LogP contribution < -0.4 is 5.56 Å². The van der Waals surface area contributed by atoms with Gasteiger partial charge in [0.15, 0.2) is 17.5 Å². The van der Waals surface area contributed by atoms with Crippen molar-refractivity contribution >= 4 is 0 Å². The van der Waals surface area contributed by atoms with E-state index in [0.29, 0.717) is 29.8 Å². The topological polar surface area (TPSA) is 37.8 Å². The molecule has 0 spiro atoms. The first-order valence-electron chi connectivity index (χ1n) is 5.41. The summed E-state index contributed by atoms with van der Waals surface area (Å²) in [6.07, 6.45) is 0.555. The Morgan fingerprint density at radius 2 is 1.78 bits per heavy atom. The van der Waals surface area contributed by atoms with E-state index in [1.54, 1.807) is 6.92 Å². The molecule has 0 radical (unpaired) electrons. The average molecular weight is 256 g/mol. The normalized spacial score (nSPS) is 10.9. The van der Waals surface area contributed by atoms with Crippen molar-refractivity contribution in [3.63, 3.8) is 0 Å². The fourth-order valence-corrected chi connectivity index (χ4v) is 1.76. The van der Waals surface area contributed by atoms with Crippen molar-refractivity contribution in [2.24, 2.45) is 0 Å². The third-order valence-corrected chi connectivity index (χ3v) is 2.81. The van der Waals surface area contributed by atoms with Crippen molar-refractivity contribution in [2.45, 2.75) is 20.3 Å². The summed E-state index contributed by atoms with van der Waals surface area (Å²) in [7, 11) is 0. The van der Waals surface area contributed by atoms with Crippen LogP contribution in [-0.4, -0.2) is 9.78 Å². The van der Waals surface area contributed by atoms with E-state index >= 15 is 0 Å². The van der Waals surface area contributed by atoms with Crippen molar-refractivity contribution < 1.29 is 13.2 Å². The van der Waals surface area contributed by atoms with E-state index in [-0.39, 0.29) is 5.69 Å². The molecule has 1 aromatic carbocycles. The highest BCUT2D eigenvalue weighted by Gasteiger charge is 2.16. The number of benzene rings is 1. The Balaban J connectivity index is 2.70. The van der Waals surface area contributed by atoms with Crippen molar-refractivity contribution in [3.05, 3.63) is 51.2 Å². The lowest BCUT2D eigenvalue weighted by Crippen LogP contribution is -2.17. The van der Waals surface area contributed by atoms with Crippen LogP contribution in [0.4, 0.5) is 13.2 Å². The molecule has 6 heteroatoms. The summed E-state index contributed by atoms with van der Waals surface area (Å²) < 4.78 is 40.3. The SMILES string of the molecule is CCc1[nH]n(-c2cc(F)c(F)cc2F)c(=O)c1C. The zero-order chi connectivity index (χ0) is 13.4. The molecule has 0 saturated heterocycles. The minimum absolute atomic E-state index is 0.332. The molecule has 0 saturated carbocycles. The van der Waals surface area contributed by atoms with E-state index in [1.807, 2.05) is 6.92 Å². The van der Waals surface area contributed by atoms with E-state index in [0.717, 1.165) is 4.68 Å². The van der Waals surface area contributed by atoms with Crippen LogP contribution in [0.1, 0.15) is 18.2 Å². The molecule has 0 atom stereocenters. The molecule has 0 bridgehead atoms. The first-order chi connectivity index (χ1) is 8.45. The fraction of sp³-hybridized carbons (Fsp3) is 0.250. The van der Waals surface area contributed by atoms with Crippen LogP contribution in [0.5, 0.6) is 0 Å². The maximum Gasteiger partial charge on any atom is 0.274 e. The minimum atomic E-state index is -1.29. The van der Waals surface area contributed by atoms with E-state index < -0.39 is 23.0 Å². The maximum absolute atomic E-state index is 13.6. The minimum Gasteiger partial charge on any atom is -0.295 e. The lowest BCUT2D eigenvalue weighted by atomic mass is 10.2. The third-order valence-electron chi connectivity index (χ3n) is 2.81. The molecule has 0 aliphatic rings. The second kappa shape index (κ2) is 4.36. The van der Waals surface area contributed by atoms with Gasteiger partial charge in [0.25, 0.3) is 5.56 Å². The van der Waals surface area contributed by atoms with Gasteiger partial charge in [0.1, 0.15) is 5.69 Å². The van der Waals surface area contributed by atoms with Crippen LogP contribution in [0.3, 0.4) is 0 Å². The monoisotopic (exact) mass is 256 g/mol. The molecular formula is C12H11F3N2O. The number of hydrogen-bond acceptors (Lipinski definition) is 1. The number of aryl methyl sites for hydroxylation is 1. The Kier molecular flexibility index (Phi) is 3.02. The van der Waals surface area contributed by atoms with Crippen LogP contribution in [0.15, 0.2) is 16.9 Å². The van der Waals surface area contributed by atoms with Gasteiger partial charge in [-0.05, 0) is 13.3 Å². The quantitative estimate of drug-likeness (QED) is 0.823. The van der Waals surface area contributed by atoms with Gasteiger partial charge in [0.2, 0.25) is 0 Å². The first-order valence-corrected chi connectivity index (χ1v) is 5.41. The van der Waals surface area contributed by atoms with Crippen LogP contribution in [0.25, 0.3) is 5.69 Å². The summed E-state index contributed by atoms with van der Waals surface area (Å²) in [5.74, 6) is -3.49. The number of hydrogen-bond donors (Lipinski definition) is 1. The predicted molar refractivity (Wildman–Crippen MR) is 60.4 cm³/mol. The number of nitrogens with one attached hydrogen (secondary N) is 1. The number of halogens is 3. The predicted octanol–water partition coefficient (Wildman–Crippen LogP) is 2.45. The molecule has 1 heterocycles.